The first-order chi connectivity index (χ1) is 8.54. The highest BCUT2D eigenvalue weighted by molar-refractivity contribution is 5.50. The van der Waals surface area contributed by atoms with E-state index in [0.717, 1.165) is 18.4 Å². The van der Waals surface area contributed by atoms with Crippen molar-refractivity contribution in [3.63, 3.8) is 0 Å². The molecule has 0 aromatic heterocycles. The molecule has 0 fully saturated rings. The third kappa shape index (κ3) is 2.38. The minimum absolute atomic E-state index is 0.198. The Morgan fingerprint density at radius 2 is 2.11 bits per heavy atom. The van der Waals surface area contributed by atoms with Crippen molar-refractivity contribution in [2.75, 3.05) is 6.61 Å². The van der Waals surface area contributed by atoms with Crippen LogP contribution in [0.5, 0.6) is 5.75 Å². The number of phenolic OH excluding ortho intramolecular Hbond substituents is 1. The van der Waals surface area contributed by atoms with E-state index in [9.17, 15) is 5.11 Å². The molecule has 2 rings (SSSR count). The van der Waals surface area contributed by atoms with Crippen LogP contribution < -0.4 is 5.32 Å². The summed E-state index contributed by atoms with van der Waals surface area (Å²) < 4.78 is 0. The fourth-order valence-corrected chi connectivity index (χ4v) is 3.12. The molecule has 3 heteroatoms. The normalized spacial score (nSPS) is 24.0. The van der Waals surface area contributed by atoms with E-state index >= 15 is 0 Å². The van der Waals surface area contributed by atoms with Crippen molar-refractivity contribution < 1.29 is 10.2 Å². The molecule has 0 spiro atoms. The molecule has 18 heavy (non-hydrogen) atoms. The van der Waals surface area contributed by atoms with Crippen LogP contribution in [0, 0.1) is 6.92 Å². The SMILES string of the molecule is Cc1ccc(O)c2c1C(C)CC2NC(C)CCO. The second-order valence-corrected chi connectivity index (χ2v) is 5.50. The maximum Gasteiger partial charge on any atom is 0.120 e. The maximum atomic E-state index is 10.1. The molecule has 3 unspecified atom stereocenters. The van der Waals surface area contributed by atoms with Gasteiger partial charge in [0.25, 0.3) is 0 Å². The second-order valence-electron chi connectivity index (χ2n) is 5.50. The lowest BCUT2D eigenvalue weighted by molar-refractivity contribution is 0.262. The van der Waals surface area contributed by atoms with Crippen LogP contribution in [0.15, 0.2) is 12.1 Å². The number of phenols is 1. The molecule has 100 valence electrons. The standard InChI is InChI=1S/C15H23NO2/c1-9-4-5-13(18)15-12(8-10(2)14(9)15)16-11(3)6-7-17/h4-5,10-12,16-18H,6-8H2,1-3H3. The third-order valence-electron chi connectivity index (χ3n) is 3.96. The molecule has 1 aromatic rings. The number of benzene rings is 1. The van der Waals surface area contributed by atoms with Crippen LogP contribution in [-0.2, 0) is 0 Å². The molecule has 0 heterocycles. The molecular weight excluding hydrogens is 226 g/mol. The summed E-state index contributed by atoms with van der Waals surface area (Å²) in [6, 6.07) is 4.25. The molecule has 0 aliphatic heterocycles. The number of fused-ring (bicyclic) bond motifs is 1. The smallest absolute Gasteiger partial charge is 0.120 e. The molecule has 3 atom stereocenters. The quantitative estimate of drug-likeness (QED) is 0.769. The topological polar surface area (TPSA) is 52.5 Å². The average Bonchev–Trinajstić information content (AvgIpc) is 2.62. The Morgan fingerprint density at radius 1 is 1.39 bits per heavy atom. The van der Waals surface area contributed by atoms with Crippen molar-refractivity contribution in [3.8, 4) is 5.75 Å². The van der Waals surface area contributed by atoms with Crippen molar-refractivity contribution >= 4 is 0 Å². The highest BCUT2D eigenvalue weighted by Crippen LogP contribution is 2.46. The van der Waals surface area contributed by atoms with E-state index in [1.807, 2.05) is 6.07 Å². The highest BCUT2D eigenvalue weighted by Gasteiger charge is 2.32. The molecule has 0 saturated carbocycles. The number of aromatic hydroxyl groups is 1. The molecule has 1 aliphatic carbocycles. The van der Waals surface area contributed by atoms with Crippen LogP contribution >= 0.6 is 0 Å². The number of aliphatic hydroxyl groups excluding tert-OH is 1. The minimum Gasteiger partial charge on any atom is -0.508 e. The van der Waals surface area contributed by atoms with Crippen molar-refractivity contribution in [2.45, 2.75) is 51.6 Å². The molecule has 0 radical (unpaired) electrons. The van der Waals surface area contributed by atoms with Gasteiger partial charge in [0.15, 0.2) is 0 Å². The van der Waals surface area contributed by atoms with Crippen LogP contribution in [0.2, 0.25) is 0 Å². The van der Waals surface area contributed by atoms with Crippen molar-refractivity contribution in [3.05, 3.63) is 28.8 Å². The zero-order valence-electron chi connectivity index (χ0n) is 11.4. The van der Waals surface area contributed by atoms with Crippen LogP contribution in [0.1, 0.15) is 55.3 Å². The van der Waals surface area contributed by atoms with E-state index in [-0.39, 0.29) is 18.7 Å². The summed E-state index contributed by atoms with van der Waals surface area (Å²) in [5, 5.41) is 22.6. The van der Waals surface area contributed by atoms with Gasteiger partial charge in [-0.1, -0.05) is 13.0 Å². The van der Waals surface area contributed by atoms with Gasteiger partial charge in [-0.3, -0.25) is 0 Å². The monoisotopic (exact) mass is 249 g/mol. The highest BCUT2D eigenvalue weighted by atomic mass is 16.3. The molecular formula is C15H23NO2. The summed E-state index contributed by atoms with van der Waals surface area (Å²) in [6.45, 7) is 6.59. The van der Waals surface area contributed by atoms with Crippen LogP contribution in [0.3, 0.4) is 0 Å². The Balaban J connectivity index is 2.27. The first-order valence-electron chi connectivity index (χ1n) is 6.73. The van der Waals surface area contributed by atoms with Gasteiger partial charge < -0.3 is 15.5 Å². The number of rotatable bonds is 4. The van der Waals surface area contributed by atoms with E-state index in [1.54, 1.807) is 6.07 Å². The largest absolute Gasteiger partial charge is 0.508 e. The summed E-state index contributed by atoms with van der Waals surface area (Å²) in [5.74, 6) is 0.875. The van der Waals surface area contributed by atoms with Gasteiger partial charge in [0.2, 0.25) is 0 Å². The Hall–Kier alpha value is -1.06. The van der Waals surface area contributed by atoms with Gasteiger partial charge in [0, 0.05) is 24.3 Å². The second kappa shape index (κ2) is 5.29. The Kier molecular flexibility index (Phi) is 3.93. The van der Waals surface area contributed by atoms with Gasteiger partial charge >= 0.3 is 0 Å². The van der Waals surface area contributed by atoms with E-state index in [2.05, 4.69) is 26.1 Å². The summed E-state index contributed by atoms with van der Waals surface area (Å²) in [6.07, 6.45) is 1.76. The summed E-state index contributed by atoms with van der Waals surface area (Å²) in [7, 11) is 0. The molecule has 0 bridgehead atoms. The average molecular weight is 249 g/mol. The summed E-state index contributed by atoms with van der Waals surface area (Å²) in [5.41, 5.74) is 3.62. The molecule has 0 amide bonds. The minimum atomic E-state index is 0.198. The lowest BCUT2D eigenvalue weighted by Crippen LogP contribution is -2.30. The molecule has 1 aliphatic rings. The van der Waals surface area contributed by atoms with E-state index in [1.165, 1.54) is 11.1 Å². The Bertz CT molecular complexity index is 431. The maximum absolute atomic E-state index is 10.1. The molecule has 3 N–H and O–H groups in total. The summed E-state index contributed by atoms with van der Waals surface area (Å²) in [4.78, 5) is 0. The number of aliphatic hydroxyl groups is 1. The van der Waals surface area contributed by atoms with Gasteiger partial charge in [-0.25, -0.2) is 0 Å². The molecule has 3 nitrogen and oxygen atoms in total. The third-order valence-corrected chi connectivity index (χ3v) is 3.96. The first kappa shape index (κ1) is 13.4. The lowest BCUT2D eigenvalue weighted by Gasteiger charge is -2.20. The number of aryl methyl sites for hydroxylation is 1. The van der Waals surface area contributed by atoms with Gasteiger partial charge in [0.1, 0.15) is 5.75 Å². The number of nitrogens with one attached hydrogen (secondary N) is 1. The Morgan fingerprint density at radius 3 is 2.78 bits per heavy atom. The van der Waals surface area contributed by atoms with Gasteiger partial charge in [0.05, 0.1) is 0 Å². The van der Waals surface area contributed by atoms with Crippen molar-refractivity contribution in [2.24, 2.45) is 0 Å². The fraction of sp³-hybridized carbons (Fsp3) is 0.600. The van der Waals surface area contributed by atoms with E-state index in [0.29, 0.717) is 11.7 Å². The van der Waals surface area contributed by atoms with Crippen LogP contribution in [0.4, 0.5) is 0 Å². The predicted molar refractivity (Wildman–Crippen MR) is 72.9 cm³/mol. The number of hydrogen-bond acceptors (Lipinski definition) is 3. The predicted octanol–water partition coefficient (Wildman–Crippen LogP) is 2.61. The van der Waals surface area contributed by atoms with Gasteiger partial charge in [-0.2, -0.15) is 0 Å². The van der Waals surface area contributed by atoms with Gasteiger partial charge in [-0.15, -0.1) is 0 Å². The van der Waals surface area contributed by atoms with Crippen molar-refractivity contribution in [1.82, 2.24) is 5.32 Å². The zero-order chi connectivity index (χ0) is 13.3. The van der Waals surface area contributed by atoms with Crippen LogP contribution in [0.25, 0.3) is 0 Å². The van der Waals surface area contributed by atoms with Crippen molar-refractivity contribution in [1.29, 1.82) is 0 Å². The first-order valence-corrected chi connectivity index (χ1v) is 6.73. The molecule has 1 aromatic carbocycles. The zero-order valence-corrected chi connectivity index (χ0v) is 11.4. The van der Waals surface area contributed by atoms with E-state index in [4.69, 9.17) is 5.11 Å². The van der Waals surface area contributed by atoms with Gasteiger partial charge in [-0.05, 0) is 49.8 Å². The number of hydrogen-bond donors (Lipinski definition) is 3. The lowest BCUT2D eigenvalue weighted by atomic mass is 9.97. The Labute approximate surface area is 109 Å². The summed E-state index contributed by atoms with van der Waals surface area (Å²) >= 11 is 0. The van der Waals surface area contributed by atoms with E-state index < -0.39 is 0 Å². The van der Waals surface area contributed by atoms with Crippen LogP contribution in [-0.4, -0.2) is 22.9 Å². The molecule has 0 saturated heterocycles. The fourth-order valence-electron chi connectivity index (χ4n) is 3.12.